The van der Waals surface area contributed by atoms with Gasteiger partial charge in [-0.25, -0.2) is 0 Å². The number of halogens is 1. The van der Waals surface area contributed by atoms with E-state index in [1.807, 2.05) is 55.3 Å². The quantitative estimate of drug-likeness (QED) is 0.525. The van der Waals surface area contributed by atoms with E-state index in [2.05, 4.69) is 15.6 Å². The summed E-state index contributed by atoms with van der Waals surface area (Å²) in [6.07, 6.45) is 0. The Bertz CT molecular complexity index is 793. The topological polar surface area (TPSA) is 66.0 Å². The van der Waals surface area contributed by atoms with Crippen LogP contribution in [0.15, 0.2) is 53.5 Å². The summed E-state index contributed by atoms with van der Waals surface area (Å²) in [6, 6.07) is 14.8. The molecule has 0 heterocycles. The SMILES string of the molecule is CCNC(=O)c1cccc(CNC(=NC)N(C)CCOc2ccc(Cl)cc2)c1. The van der Waals surface area contributed by atoms with Crippen molar-refractivity contribution in [3.05, 3.63) is 64.7 Å². The highest BCUT2D eigenvalue weighted by molar-refractivity contribution is 6.30. The van der Waals surface area contributed by atoms with E-state index in [4.69, 9.17) is 16.3 Å². The lowest BCUT2D eigenvalue weighted by atomic mass is 10.1. The van der Waals surface area contributed by atoms with Crippen LogP contribution in [0.4, 0.5) is 0 Å². The molecule has 28 heavy (non-hydrogen) atoms. The number of nitrogens with one attached hydrogen (secondary N) is 2. The summed E-state index contributed by atoms with van der Waals surface area (Å²) in [7, 11) is 3.69. The smallest absolute Gasteiger partial charge is 0.251 e. The van der Waals surface area contributed by atoms with Gasteiger partial charge in [-0.3, -0.25) is 9.79 Å². The fraction of sp³-hybridized carbons (Fsp3) is 0.333. The van der Waals surface area contributed by atoms with Crippen molar-refractivity contribution in [2.45, 2.75) is 13.5 Å². The molecule has 7 heteroatoms. The molecule has 0 fully saturated rings. The Kier molecular flexibility index (Phi) is 8.62. The Morgan fingerprint density at radius 2 is 1.93 bits per heavy atom. The Hall–Kier alpha value is -2.73. The maximum atomic E-state index is 12.0. The molecule has 0 aliphatic heterocycles. The van der Waals surface area contributed by atoms with Crippen molar-refractivity contribution < 1.29 is 9.53 Å². The zero-order valence-corrected chi connectivity index (χ0v) is 17.3. The van der Waals surface area contributed by atoms with Crippen LogP contribution < -0.4 is 15.4 Å². The minimum Gasteiger partial charge on any atom is -0.492 e. The number of carbonyl (C=O) groups excluding carboxylic acids is 1. The average molecular weight is 403 g/mol. The molecule has 2 rings (SSSR count). The molecule has 1 amide bonds. The monoisotopic (exact) mass is 402 g/mol. The third kappa shape index (κ3) is 6.78. The number of guanidine groups is 1. The Balaban J connectivity index is 1.83. The van der Waals surface area contributed by atoms with Crippen molar-refractivity contribution in [3.63, 3.8) is 0 Å². The molecule has 0 saturated heterocycles. The number of ether oxygens (including phenoxy) is 1. The zero-order chi connectivity index (χ0) is 20.4. The van der Waals surface area contributed by atoms with Crippen LogP contribution in [0.25, 0.3) is 0 Å². The molecule has 2 aromatic carbocycles. The second-order valence-corrected chi connectivity index (χ2v) is 6.62. The average Bonchev–Trinajstić information content (AvgIpc) is 2.70. The molecule has 0 radical (unpaired) electrons. The van der Waals surface area contributed by atoms with Gasteiger partial charge in [-0.2, -0.15) is 0 Å². The van der Waals surface area contributed by atoms with Gasteiger partial charge in [0, 0.05) is 37.8 Å². The second-order valence-electron chi connectivity index (χ2n) is 6.18. The van der Waals surface area contributed by atoms with Gasteiger partial charge in [0.2, 0.25) is 0 Å². The summed E-state index contributed by atoms with van der Waals surface area (Å²) in [4.78, 5) is 18.3. The van der Waals surface area contributed by atoms with E-state index in [9.17, 15) is 4.79 Å². The maximum Gasteiger partial charge on any atom is 0.251 e. The molecule has 0 spiro atoms. The Labute approximate surface area is 171 Å². The third-order valence-electron chi connectivity index (χ3n) is 4.06. The first kappa shape index (κ1) is 21.6. The fourth-order valence-electron chi connectivity index (χ4n) is 2.59. The number of amides is 1. The highest BCUT2D eigenvalue weighted by Crippen LogP contribution is 2.15. The summed E-state index contributed by atoms with van der Waals surface area (Å²) in [5.41, 5.74) is 1.66. The number of benzene rings is 2. The molecular formula is C21H27ClN4O2. The van der Waals surface area contributed by atoms with Crippen LogP contribution in [0.2, 0.25) is 5.02 Å². The van der Waals surface area contributed by atoms with Gasteiger partial charge < -0.3 is 20.3 Å². The van der Waals surface area contributed by atoms with Crippen molar-refractivity contribution >= 4 is 23.5 Å². The summed E-state index contributed by atoms with van der Waals surface area (Å²) in [5, 5.41) is 6.81. The molecule has 0 bridgehead atoms. The number of hydrogen-bond acceptors (Lipinski definition) is 3. The summed E-state index contributed by atoms with van der Waals surface area (Å²) < 4.78 is 5.73. The lowest BCUT2D eigenvalue weighted by Crippen LogP contribution is -2.40. The lowest BCUT2D eigenvalue weighted by Gasteiger charge is -2.22. The molecule has 2 aromatic rings. The molecule has 0 aromatic heterocycles. The van der Waals surface area contributed by atoms with Gasteiger partial charge >= 0.3 is 0 Å². The minimum atomic E-state index is -0.0646. The molecule has 0 unspecified atom stereocenters. The van der Waals surface area contributed by atoms with Crippen LogP contribution >= 0.6 is 11.6 Å². The zero-order valence-electron chi connectivity index (χ0n) is 16.5. The summed E-state index contributed by atoms with van der Waals surface area (Å²) >= 11 is 5.87. The summed E-state index contributed by atoms with van der Waals surface area (Å²) in [5.74, 6) is 1.47. The minimum absolute atomic E-state index is 0.0646. The molecule has 150 valence electrons. The maximum absolute atomic E-state index is 12.0. The highest BCUT2D eigenvalue weighted by Gasteiger charge is 2.08. The van der Waals surface area contributed by atoms with E-state index in [0.29, 0.717) is 36.8 Å². The van der Waals surface area contributed by atoms with Crippen molar-refractivity contribution in [1.29, 1.82) is 0 Å². The van der Waals surface area contributed by atoms with Gasteiger partial charge in [0.15, 0.2) is 5.96 Å². The number of rotatable bonds is 8. The molecule has 0 atom stereocenters. The van der Waals surface area contributed by atoms with E-state index in [1.54, 1.807) is 19.2 Å². The number of likely N-dealkylation sites (N-methyl/N-ethyl adjacent to an activating group) is 1. The van der Waals surface area contributed by atoms with E-state index in [1.165, 1.54) is 0 Å². The van der Waals surface area contributed by atoms with Crippen LogP contribution in [0.5, 0.6) is 5.75 Å². The van der Waals surface area contributed by atoms with Crippen molar-refractivity contribution in [2.24, 2.45) is 4.99 Å². The van der Waals surface area contributed by atoms with E-state index < -0.39 is 0 Å². The summed E-state index contributed by atoms with van der Waals surface area (Å²) in [6.45, 7) is 4.27. The number of nitrogens with zero attached hydrogens (tertiary/aromatic N) is 2. The highest BCUT2D eigenvalue weighted by atomic mass is 35.5. The van der Waals surface area contributed by atoms with Crippen LogP contribution in [0.3, 0.4) is 0 Å². The Morgan fingerprint density at radius 3 is 2.61 bits per heavy atom. The number of hydrogen-bond donors (Lipinski definition) is 2. The number of carbonyl (C=O) groups is 1. The second kappa shape index (κ2) is 11.2. The number of aliphatic imine (C=N–C) groups is 1. The van der Waals surface area contributed by atoms with Gasteiger partial charge in [-0.15, -0.1) is 0 Å². The first-order chi connectivity index (χ1) is 13.5. The predicted octanol–water partition coefficient (Wildman–Crippen LogP) is 3.18. The first-order valence-electron chi connectivity index (χ1n) is 9.20. The van der Waals surface area contributed by atoms with E-state index >= 15 is 0 Å². The fourth-order valence-corrected chi connectivity index (χ4v) is 2.71. The van der Waals surface area contributed by atoms with Crippen LogP contribution in [-0.4, -0.2) is 50.6 Å². The van der Waals surface area contributed by atoms with Gasteiger partial charge in [0.25, 0.3) is 5.91 Å². The molecule has 6 nitrogen and oxygen atoms in total. The first-order valence-corrected chi connectivity index (χ1v) is 9.58. The van der Waals surface area contributed by atoms with Crippen molar-refractivity contribution in [2.75, 3.05) is 33.8 Å². The Morgan fingerprint density at radius 1 is 1.18 bits per heavy atom. The largest absolute Gasteiger partial charge is 0.492 e. The molecule has 0 saturated carbocycles. The predicted molar refractivity (Wildman–Crippen MR) is 114 cm³/mol. The third-order valence-corrected chi connectivity index (χ3v) is 4.31. The molecule has 0 aliphatic carbocycles. The van der Waals surface area contributed by atoms with Crippen LogP contribution in [-0.2, 0) is 6.54 Å². The molecular weight excluding hydrogens is 376 g/mol. The standard InChI is InChI=1S/C21H27ClN4O2/c1-4-24-20(27)17-7-5-6-16(14-17)15-25-21(23-2)26(3)12-13-28-19-10-8-18(22)9-11-19/h5-11,14H,4,12-13,15H2,1-3H3,(H,23,25)(H,24,27). The van der Waals surface area contributed by atoms with Gasteiger partial charge in [-0.1, -0.05) is 23.7 Å². The lowest BCUT2D eigenvalue weighted by molar-refractivity contribution is 0.0955. The van der Waals surface area contributed by atoms with E-state index in [-0.39, 0.29) is 5.91 Å². The van der Waals surface area contributed by atoms with Crippen molar-refractivity contribution in [3.8, 4) is 5.75 Å². The normalized spacial score (nSPS) is 11.1. The van der Waals surface area contributed by atoms with Gasteiger partial charge in [-0.05, 0) is 48.9 Å². The molecule has 2 N–H and O–H groups in total. The van der Waals surface area contributed by atoms with Gasteiger partial charge in [0.1, 0.15) is 12.4 Å². The van der Waals surface area contributed by atoms with Crippen LogP contribution in [0, 0.1) is 0 Å². The van der Waals surface area contributed by atoms with Crippen LogP contribution in [0.1, 0.15) is 22.8 Å². The van der Waals surface area contributed by atoms with Crippen molar-refractivity contribution in [1.82, 2.24) is 15.5 Å². The van der Waals surface area contributed by atoms with Gasteiger partial charge in [0.05, 0.1) is 6.54 Å². The van der Waals surface area contributed by atoms with E-state index in [0.717, 1.165) is 17.3 Å². The molecule has 0 aliphatic rings.